The Morgan fingerprint density at radius 2 is 1.74 bits per heavy atom. The van der Waals surface area contributed by atoms with E-state index in [9.17, 15) is 26.4 Å². The lowest BCUT2D eigenvalue weighted by Gasteiger charge is -2.25. The maximum atomic E-state index is 13.5. The number of ether oxygens (including phenoxy) is 1. The number of amides is 1. The van der Waals surface area contributed by atoms with Crippen molar-refractivity contribution in [3.63, 3.8) is 0 Å². The van der Waals surface area contributed by atoms with Crippen molar-refractivity contribution >= 4 is 39.4 Å². The largest absolute Gasteiger partial charge is 0.494 e. The number of unbranched alkanes of at least 4 members (excludes halogenated alkanes) is 1. The molecule has 1 N–H and O–H groups in total. The third-order valence-corrected chi connectivity index (χ3v) is 7.61. The van der Waals surface area contributed by atoms with Crippen LogP contribution in [0.3, 0.4) is 0 Å². The minimum atomic E-state index is -4.84. The summed E-state index contributed by atoms with van der Waals surface area (Å²) in [5.41, 5.74) is 2.02. The van der Waals surface area contributed by atoms with Gasteiger partial charge in [0.25, 0.3) is 15.9 Å². The van der Waals surface area contributed by atoms with Crippen LogP contribution in [0.25, 0.3) is 0 Å². The summed E-state index contributed by atoms with van der Waals surface area (Å²) in [6, 6.07) is 15.3. The van der Waals surface area contributed by atoms with E-state index >= 15 is 0 Å². The predicted octanol–water partition coefficient (Wildman–Crippen LogP) is 6.19. The van der Waals surface area contributed by atoms with Crippen LogP contribution in [0.2, 0.25) is 5.02 Å². The minimum Gasteiger partial charge on any atom is -0.494 e. The Morgan fingerprint density at radius 1 is 1.08 bits per heavy atom. The summed E-state index contributed by atoms with van der Waals surface area (Å²) in [4.78, 5) is 12.5. The highest BCUT2D eigenvalue weighted by atomic mass is 35.5. The Morgan fingerprint density at radius 3 is 2.36 bits per heavy atom. The molecular formula is C27H27ClF3N3O4S. The molecule has 0 saturated carbocycles. The fourth-order valence-electron chi connectivity index (χ4n) is 3.37. The molecule has 0 aliphatic rings. The van der Waals surface area contributed by atoms with Crippen LogP contribution in [-0.2, 0) is 21.0 Å². The Labute approximate surface area is 230 Å². The van der Waals surface area contributed by atoms with E-state index in [-0.39, 0.29) is 10.6 Å². The molecule has 12 heteroatoms. The number of alkyl halides is 3. The molecule has 0 aromatic heterocycles. The number of hydrazone groups is 1. The molecule has 0 aliphatic carbocycles. The van der Waals surface area contributed by atoms with Gasteiger partial charge in [0.05, 0.1) is 34.0 Å². The van der Waals surface area contributed by atoms with Crippen LogP contribution in [0.15, 0.2) is 76.7 Å². The maximum absolute atomic E-state index is 13.5. The van der Waals surface area contributed by atoms with Gasteiger partial charge in [0, 0.05) is 0 Å². The summed E-state index contributed by atoms with van der Waals surface area (Å²) in [6.07, 6.45) is -1.55. The molecule has 0 spiro atoms. The van der Waals surface area contributed by atoms with Gasteiger partial charge in [-0.2, -0.15) is 18.3 Å². The summed E-state index contributed by atoms with van der Waals surface area (Å²) < 4.78 is 73.5. The Bertz CT molecular complexity index is 1410. The Kier molecular flexibility index (Phi) is 9.98. The van der Waals surface area contributed by atoms with Gasteiger partial charge < -0.3 is 4.74 Å². The van der Waals surface area contributed by atoms with E-state index in [2.05, 4.69) is 17.5 Å². The molecule has 208 valence electrons. The van der Waals surface area contributed by atoms with Crippen molar-refractivity contribution in [1.29, 1.82) is 0 Å². The van der Waals surface area contributed by atoms with Crippen LogP contribution in [0.4, 0.5) is 18.9 Å². The lowest BCUT2D eigenvalue weighted by atomic mass is 10.2. The summed E-state index contributed by atoms with van der Waals surface area (Å²) in [5, 5.41) is 3.24. The van der Waals surface area contributed by atoms with Crippen molar-refractivity contribution in [2.75, 3.05) is 17.5 Å². The fourth-order valence-corrected chi connectivity index (χ4v) is 5.00. The number of aryl methyl sites for hydroxylation is 1. The molecule has 0 fully saturated rings. The monoisotopic (exact) mass is 581 g/mol. The Hall–Kier alpha value is -3.57. The quantitative estimate of drug-likeness (QED) is 0.166. The molecule has 0 atom stereocenters. The first-order valence-electron chi connectivity index (χ1n) is 11.9. The number of carbonyl (C=O) groups excluding carboxylic acids is 1. The number of anilines is 1. The van der Waals surface area contributed by atoms with Crippen LogP contribution in [-0.4, -0.2) is 33.7 Å². The first kappa shape index (κ1) is 30.0. The first-order chi connectivity index (χ1) is 18.4. The molecule has 0 aliphatic heterocycles. The minimum absolute atomic E-state index is 0.200. The molecule has 1 amide bonds. The van der Waals surface area contributed by atoms with Gasteiger partial charge in [-0.1, -0.05) is 42.6 Å². The van der Waals surface area contributed by atoms with E-state index in [4.69, 9.17) is 16.3 Å². The smallest absolute Gasteiger partial charge is 0.417 e. The average Bonchev–Trinajstić information content (AvgIpc) is 2.88. The number of sulfonamides is 1. The molecule has 0 heterocycles. The molecule has 0 unspecified atom stereocenters. The van der Waals surface area contributed by atoms with Crippen molar-refractivity contribution in [3.05, 3.63) is 88.4 Å². The second-order valence-corrected chi connectivity index (χ2v) is 10.8. The van der Waals surface area contributed by atoms with Gasteiger partial charge >= 0.3 is 6.18 Å². The highest BCUT2D eigenvalue weighted by Gasteiger charge is 2.35. The summed E-state index contributed by atoms with van der Waals surface area (Å²) in [7, 11) is -4.44. The lowest BCUT2D eigenvalue weighted by molar-refractivity contribution is -0.137. The van der Waals surface area contributed by atoms with Crippen LogP contribution < -0.4 is 14.5 Å². The van der Waals surface area contributed by atoms with Crippen molar-refractivity contribution in [2.45, 2.75) is 37.8 Å². The number of nitrogens with one attached hydrogen (secondary N) is 1. The van der Waals surface area contributed by atoms with Gasteiger partial charge in [0.2, 0.25) is 0 Å². The molecule has 0 radical (unpaired) electrons. The SMILES string of the molecule is CCCCOc1ccc(/C=N\NC(=O)CN(c2ccc(Cl)c(C(F)(F)F)c2)S(=O)(=O)c2ccc(C)cc2)cc1. The summed E-state index contributed by atoms with van der Waals surface area (Å²) >= 11 is 5.71. The van der Waals surface area contributed by atoms with E-state index < -0.39 is 39.2 Å². The second kappa shape index (κ2) is 13.0. The third-order valence-electron chi connectivity index (χ3n) is 5.49. The maximum Gasteiger partial charge on any atom is 0.417 e. The van der Waals surface area contributed by atoms with Gasteiger partial charge in [-0.05, 0) is 73.5 Å². The molecular weight excluding hydrogens is 555 g/mol. The van der Waals surface area contributed by atoms with Crippen LogP contribution in [0.5, 0.6) is 5.75 Å². The Balaban J connectivity index is 1.83. The standard InChI is InChI=1S/C27H27ClF3N3O4S/c1-3-4-15-38-22-10-7-20(8-11-22)17-32-33-26(35)18-34(39(36,37)23-12-5-19(2)6-13-23)21-9-14-25(28)24(16-21)27(29,30)31/h5-14,16-17H,3-4,15,18H2,1-2H3,(H,33,35)/b32-17-. The number of rotatable bonds is 11. The van der Waals surface area contributed by atoms with Gasteiger partial charge in [-0.25, -0.2) is 13.8 Å². The van der Waals surface area contributed by atoms with E-state index in [0.717, 1.165) is 30.5 Å². The van der Waals surface area contributed by atoms with Crippen LogP contribution >= 0.6 is 11.6 Å². The highest BCUT2D eigenvalue weighted by molar-refractivity contribution is 7.92. The van der Waals surface area contributed by atoms with Gasteiger partial charge in [-0.15, -0.1) is 0 Å². The number of hydrogen-bond donors (Lipinski definition) is 1. The molecule has 3 aromatic carbocycles. The van der Waals surface area contributed by atoms with Crippen molar-refractivity contribution < 1.29 is 31.1 Å². The molecule has 0 saturated heterocycles. The zero-order chi connectivity index (χ0) is 28.6. The zero-order valence-corrected chi connectivity index (χ0v) is 22.8. The second-order valence-electron chi connectivity index (χ2n) is 8.55. The summed E-state index contributed by atoms with van der Waals surface area (Å²) in [5.74, 6) is -0.187. The molecule has 3 rings (SSSR count). The average molecular weight is 582 g/mol. The number of hydrogen-bond acceptors (Lipinski definition) is 5. The number of halogens is 4. The normalized spacial score (nSPS) is 11.9. The number of nitrogens with zero attached hydrogens (tertiary/aromatic N) is 2. The molecule has 7 nitrogen and oxygen atoms in total. The van der Waals surface area contributed by atoms with E-state index in [1.54, 1.807) is 43.3 Å². The van der Waals surface area contributed by atoms with Gasteiger partial charge in [0.15, 0.2) is 0 Å². The molecule has 0 bridgehead atoms. The van der Waals surface area contributed by atoms with Crippen LogP contribution in [0, 0.1) is 6.92 Å². The van der Waals surface area contributed by atoms with E-state index in [1.807, 2.05) is 0 Å². The molecule has 39 heavy (non-hydrogen) atoms. The highest BCUT2D eigenvalue weighted by Crippen LogP contribution is 2.38. The van der Waals surface area contributed by atoms with Crippen molar-refractivity contribution in [2.24, 2.45) is 5.10 Å². The lowest BCUT2D eigenvalue weighted by Crippen LogP contribution is -2.39. The summed E-state index contributed by atoms with van der Waals surface area (Å²) in [6.45, 7) is 3.57. The number of carbonyl (C=O) groups is 1. The zero-order valence-electron chi connectivity index (χ0n) is 21.2. The topological polar surface area (TPSA) is 88.1 Å². The van der Waals surface area contributed by atoms with E-state index in [1.165, 1.54) is 18.3 Å². The van der Waals surface area contributed by atoms with Crippen LogP contribution in [0.1, 0.15) is 36.5 Å². The predicted molar refractivity (Wildman–Crippen MR) is 145 cm³/mol. The van der Waals surface area contributed by atoms with Gasteiger partial charge in [-0.3, -0.25) is 9.10 Å². The van der Waals surface area contributed by atoms with Crippen molar-refractivity contribution in [1.82, 2.24) is 5.43 Å². The first-order valence-corrected chi connectivity index (χ1v) is 13.7. The molecule has 3 aromatic rings. The fraction of sp³-hybridized carbons (Fsp3) is 0.259. The number of benzene rings is 3. The van der Waals surface area contributed by atoms with Gasteiger partial charge in [0.1, 0.15) is 12.3 Å². The van der Waals surface area contributed by atoms with E-state index in [0.29, 0.717) is 28.3 Å². The third kappa shape index (κ3) is 8.21. The van der Waals surface area contributed by atoms with Crippen molar-refractivity contribution in [3.8, 4) is 5.75 Å².